The second kappa shape index (κ2) is 8.77. The highest BCUT2D eigenvalue weighted by molar-refractivity contribution is 5.72. The highest BCUT2D eigenvalue weighted by Crippen LogP contribution is 2.29. The maximum atomic E-state index is 11.9. The van der Waals surface area contributed by atoms with Gasteiger partial charge in [0.15, 0.2) is 0 Å². The van der Waals surface area contributed by atoms with Crippen LogP contribution in [0.25, 0.3) is 0 Å². The Labute approximate surface area is 130 Å². The number of carbonyl (C=O) groups excluding carboxylic acids is 1. The average Bonchev–Trinajstić information content (AvgIpc) is 2.77. The number of nitrogens with one attached hydrogen (secondary N) is 1. The largest absolute Gasteiger partial charge is 0.466 e. The van der Waals surface area contributed by atoms with E-state index in [1.165, 1.54) is 44.9 Å². The van der Waals surface area contributed by atoms with E-state index in [9.17, 15) is 4.79 Å². The zero-order valence-electron chi connectivity index (χ0n) is 13.9. The maximum absolute atomic E-state index is 11.9. The van der Waals surface area contributed by atoms with Crippen molar-refractivity contribution in [1.29, 1.82) is 0 Å². The molecule has 0 radical (unpaired) electrons. The zero-order chi connectivity index (χ0) is 15.1. The summed E-state index contributed by atoms with van der Waals surface area (Å²) in [5, 5.41) is 3.84. The molecule has 0 spiro atoms. The molecule has 122 valence electrons. The first-order chi connectivity index (χ1) is 10.2. The van der Waals surface area contributed by atoms with Gasteiger partial charge in [-0.15, -0.1) is 0 Å². The Bertz CT molecular complexity index is 310. The monoisotopic (exact) mass is 295 g/mol. The molecule has 21 heavy (non-hydrogen) atoms. The molecule has 2 aliphatic carbocycles. The van der Waals surface area contributed by atoms with Crippen LogP contribution in [-0.2, 0) is 9.53 Å². The van der Waals surface area contributed by atoms with Crippen molar-refractivity contribution >= 4 is 5.97 Å². The molecule has 0 aromatic heterocycles. The lowest BCUT2D eigenvalue weighted by Crippen LogP contribution is -2.44. The van der Waals surface area contributed by atoms with Gasteiger partial charge in [-0.05, 0) is 51.9 Å². The highest BCUT2D eigenvalue weighted by Gasteiger charge is 2.30. The minimum atomic E-state index is 0.0196. The van der Waals surface area contributed by atoms with Crippen LogP contribution in [0.1, 0.15) is 78.1 Å². The molecule has 3 atom stereocenters. The molecule has 1 N–H and O–H groups in total. The smallest absolute Gasteiger partial charge is 0.308 e. The molecule has 2 unspecified atom stereocenters. The van der Waals surface area contributed by atoms with Gasteiger partial charge in [-0.25, -0.2) is 0 Å². The van der Waals surface area contributed by atoms with Crippen molar-refractivity contribution in [1.82, 2.24) is 5.32 Å². The summed E-state index contributed by atoms with van der Waals surface area (Å²) in [6, 6.07) is 1.10. The van der Waals surface area contributed by atoms with E-state index in [4.69, 9.17) is 4.74 Å². The zero-order valence-corrected chi connectivity index (χ0v) is 13.9. The molecule has 0 saturated heterocycles. The molecule has 0 aliphatic heterocycles. The van der Waals surface area contributed by atoms with E-state index >= 15 is 0 Å². The number of carbonyl (C=O) groups is 1. The molecule has 2 rings (SSSR count). The third-order valence-electron chi connectivity index (χ3n) is 5.40. The quantitative estimate of drug-likeness (QED) is 0.614. The van der Waals surface area contributed by atoms with Crippen molar-refractivity contribution in [2.24, 2.45) is 11.8 Å². The van der Waals surface area contributed by atoms with E-state index in [1.807, 2.05) is 6.92 Å². The van der Waals surface area contributed by atoms with E-state index in [0.717, 1.165) is 25.2 Å². The summed E-state index contributed by atoms with van der Waals surface area (Å²) in [6.45, 7) is 4.75. The van der Waals surface area contributed by atoms with Crippen LogP contribution in [0.5, 0.6) is 0 Å². The normalized spacial score (nSPS) is 29.6. The van der Waals surface area contributed by atoms with Crippen LogP contribution in [0.4, 0.5) is 0 Å². The molecule has 0 aromatic rings. The Hall–Kier alpha value is -0.570. The van der Waals surface area contributed by atoms with Gasteiger partial charge in [0.25, 0.3) is 0 Å². The van der Waals surface area contributed by atoms with Crippen molar-refractivity contribution in [2.75, 3.05) is 6.61 Å². The SMILES string of the molecule is CCOC(=O)C1CCCC(N[C@@H](C)C2CCCCCC2)C1. The topological polar surface area (TPSA) is 38.3 Å². The Morgan fingerprint density at radius 2 is 1.81 bits per heavy atom. The Kier molecular flexibility index (Phi) is 7.01. The summed E-state index contributed by atoms with van der Waals surface area (Å²) in [5.74, 6) is 0.971. The Morgan fingerprint density at radius 3 is 2.48 bits per heavy atom. The van der Waals surface area contributed by atoms with Crippen molar-refractivity contribution < 1.29 is 9.53 Å². The van der Waals surface area contributed by atoms with Gasteiger partial charge in [0.05, 0.1) is 12.5 Å². The first-order valence-corrected chi connectivity index (χ1v) is 9.13. The molecule has 0 aromatic carbocycles. The summed E-state index contributed by atoms with van der Waals surface area (Å²) in [4.78, 5) is 11.9. The summed E-state index contributed by atoms with van der Waals surface area (Å²) < 4.78 is 5.20. The lowest BCUT2D eigenvalue weighted by molar-refractivity contribution is -0.149. The number of ether oxygens (including phenoxy) is 1. The van der Waals surface area contributed by atoms with Crippen LogP contribution in [0, 0.1) is 11.8 Å². The second-order valence-electron chi connectivity index (χ2n) is 7.02. The molecule has 2 aliphatic rings. The molecule has 0 heterocycles. The minimum Gasteiger partial charge on any atom is -0.466 e. The fourth-order valence-corrected chi connectivity index (χ4v) is 4.13. The van der Waals surface area contributed by atoms with Crippen LogP contribution in [0.2, 0.25) is 0 Å². The number of esters is 1. The van der Waals surface area contributed by atoms with E-state index in [1.54, 1.807) is 0 Å². The van der Waals surface area contributed by atoms with E-state index < -0.39 is 0 Å². The molecule has 2 saturated carbocycles. The maximum Gasteiger partial charge on any atom is 0.308 e. The van der Waals surface area contributed by atoms with Crippen LogP contribution >= 0.6 is 0 Å². The predicted molar refractivity (Wildman–Crippen MR) is 86.2 cm³/mol. The van der Waals surface area contributed by atoms with Crippen molar-refractivity contribution in [3.63, 3.8) is 0 Å². The Morgan fingerprint density at radius 1 is 1.10 bits per heavy atom. The Balaban J connectivity index is 1.79. The lowest BCUT2D eigenvalue weighted by atomic mass is 9.84. The van der Waals surface area contributed by atoms with Crippen molar-refractivity contribution in [2.45, 2.75) is 90.1 Å². The number of hydrogen-bond acceptors (Lipinski definition) is 3. The second-order valence-corrected chi connectivity index (χ2v) is 7.02. The van der Waals surface area contributed by atoms with Crippen LogP contribution < -0.4 is 5.32 Å². The van der Waals surface area contributed by atoms with Gasteiger partial charge < -0.3 is 10.1 Å². The summed E-state index contributed by atoms with van der Waals surface area (Å²) in [7, 11) is 0. The summed E-state index contributed by atoms with van der Waals surface area (Å²) in [5.41, 5.74) is 0. The van der Waals surface area contributed by atoms with Crippen molar-refractivity contribution in [3.8, 4) is 0 Å². The van der Waals surface area contributed by atoms with Gasteiger partial charge in [-0.1, -0.05) is 32.1 Å². The number of hydrogen-bond donors (Lipinski definition) is 1. The highest BCUT2D eigenvalue weighted by atomic mass is 16.5. The number of rotatable bonds is 5. The van der Waals surface area contributed by atoms with Gasteiger partial charge in [0, 0.05) is 12.1 Å². The van der Waals surface area contributed by atoms with Gasteiger partial charge in [-0.3, -0.25) is 4.79 Å². The van der Waals surface area contributed by atoms with E-state index in [-0.39, 0.29) is 11.9 Å². The first-order valence-electron chi connectivity index (χ1n) is 9.13. The molecule has 3 heteroatoms. The van der Waals surface area contributed by atoms with Gasteiger partial charge in [-0.2, -0.15) is 0 Å². The van der Waals surface area contributed by atoms with Gasteiger partial charge >= 0.3 is 5.97 Å². The van der Waals surface area contributed by atoms with Crippen LogP contribution in [-0.4, -0.2) is 24.7 Å². The summed E-state index contributed by atoms with van der Waals surface area (Å²) in [6.07, 6.45) is 12.7. The minimum absolute atomic E-state index is 0.0196. The molecule has 2 fully saturated rings. The average molecular weight is 295 g/mol. The predicted octanol–water partition coefficient (Wildman–Crippen LogP) is 4.06. The van der Waals surface area contributed by atoms with E-state index in [2.05, 4.69) is 12.2 Å². The van der Waals surface area contributed by atoms with Crippen LogP contribution in [0.3, 0.4) is 0 Å². The lowest BCUT2D eigenvalue weighted by Gasteiger charge is -2.33. The van der Waals surface area contributed by atoms with Crippen LogP contribution in [0.15, 0.2) is 0 Å². The molecule has 3 nitrogen and oxygen atoms in total. The van der Waals surface area contributed by atoms with Crippen molar-refractivity contribution in [3.05, 3.63) is 0 Å². The molecular weight excluding hydrogens is 262 g/mol. The third-order valence-corrected chi connectivity index (χ3v) is 5.40. The fourth-order valence-electron chi connectivity index (χ4n) is 4.13. The third kappa shape index (κ3) is 5.28. The van der Waals surface area contributed by atoms with Gasteiger partial charge in [0.1, 0.15) is 0 Å². The summed E-state index contributed by atoms with van der Waals surface area (Å²) >= 11 is 0. The molecular formula is C18H33NO2. The van der Waals surface area contributed by atoms with E-state index in [0.29, 0.717) is 18.7 Å². The molecule has 0 bridgehead atoms. The fraction of sp³-hybridized carbons (Fsp3) is 0.944. The first kappa shape index (κ1) is 16.8. The van der Waals surface area contributed by atoms with Gasteiger partial charge in [0.2, 0.25) is 0 Å². The standard InChI is InChI=1S/C18H33NO2/c1-3-21-18(20)16-11-8-12-17(13-16)19-14(2)15-9-6-4-5-7-10-15/h14-17,19H,3-13H2,1-2H3/t14-,16?,17?/m0/s1. The molecule has 0 amide bonds.